The molecule has 0 radical (unpaired) electrons. The van der Waals surface area contributed by atoms with Crippen LogP contribution in [0.5, 0.6) is 0 Å². The van der Waals surface area contributed by atoms with Gasteiger partial charge < -0.3 is 22.1 Å². The van der Waals surface area contributed by atoms with Crippen molar-refractivity contribution in [3.05, 3.63) is 83.9 Å². The lowest BCUT2D eigenvalue weighted by atomic mass is 10.1. The molecule has 7 heteroatoms. The number of hydrogen-bond donors (Lipinski definition) is 4. The van der Waals surface area contributed by atoms with Crippen LogP contribution in [-0.4, -0.2) is 36.4 Å². The fourth-order valence-corrected chi connectivity index (χ4v) is 3.10. The first-order valence-electron chi connectivity index (χ1n) is 9.25. The summed E-state index contributed by atoms with van der Waals surface area (Å²) in [6.07, 6.45) is 2.79. The molecule has 0 aromatic heterocycles. The standard InChI is InChI=1S/C22H26N4O2S/c23-19(17-7-3-1-4-8-17)15-21(27)25-11-13-29-14-12-26-22(28)16-20(24)18-9-5-2-6-10-18/h1-10,15-16H,11-14,23-24H2,(H,25,27)(H,26,28)/b19-15+,20-16+. The van der Waals surface area contributed by atoms with E-state index in [0.29, 0.717) is 24.5 Å². The third-order valence-electron chi connectivity index (χ3n) is 3.88. The molecule has 6 N–H and O–H groups in total. The van der Waals surface area contributed by atoms with Crippen LogP contribution in [0.3, 0.4) is 0 Å². The summed E-state index contributed by atoms with van der Waals surface area (Å²) in [4.78, 5) is 23.7. The van der Waals surface area contributed by atoms with Crippen LogP contribution < -0.4 is 22.1 Å². The molecule has 0 aliphatic rings. The van der Waals surface area contributed by atoms with Crippen LogP contribution >= 0.6 is 11.8 Å². The van der Waals surface area contributed by atoms with Crippen molar-refractivity contribution in [2.24, 2.45) is 11.5 Å². The van der Waals surface area contributed by atoms with Crippen molar-refractivity contribution >= 4 is 35.0 Å². The van der Waals surface area contributed by atoms with E-state index in [1.807, 2.05) is 60.7 Å². The molecule has 0 spiro atoms. The number of benzene rings is 2. The molecule has 0 aliphatic heterocycles. The number of thioether (sulfide) groups is 1. The molecule has 0 bridgehead atoms. The van der Waals surface area contributed by atoms with E-state index in [2.05, 4.69) is 10.6 Å². The Labute approximate surface area is 175 Å². The molecule has 0 atom stereocenters. The van der Waals surface area contributed by atoms with Crippen LogP contribution in [0.4, 0.5) is 0 Å². The van der Waals surface area contributed by atoms with Crippen molar-refractivity contribution in [2.75, 3.05) is 24.6 Å². The lowest BCUT2D eigenvalue weighted by molar-refractivity contribution is -0.117. The SMILES string of the molecule is N/C(=C/C(=O)NCCSCCNC(=O)/C=C(/N)c1ccccc1)c1ccccc1. The van der Waals surface area contributed by atoms with Crippen molar-refractivity contribution in [1.29, 1.82) is 0 Å². The van der Waals surface area contributed by atoms with Crippen LogP contribution in [0.2, 0.25) is 0 Å². The fourth-order valence-electron chi connectivity index (χ4n) is 2.41. The van der Waals surface area contributed by atoms with E-state index in [1.54, 1.807) is 11.8 Å². The highest BCUT2D eigenvalue weighted by atomic mass is 32.2. The maximum absolute atomic E-state index is 11.9. The number of carbonyl (C=O) groups excluding carboxylic acids is 2. The molecular formula is C22H26N4O2S. The minimum absolute atomic E-state index is 0.221. The highest BCUT2D eigenvalue weighted by molar-refractivity contribution is 7.99. The predicted molar refractivity (Wildman–Crippen MR) is 121 cm³/mol. The van der Waals surface area contributed by atoms with Gasteiger partial charge in [-0.15, -0.1) is 0 Å². The van der Waals surface area contributed by atoms with Crippen LogP contribution in [0.15, 0.2) is 72.8 Å². The van der Waals surface area contributed by atoms with Gasteiger partial charge in [0.05, 0.1) is 0 Å². The average Bonchev–Trinajstić information content (AvgIpc) is 2.74. The third-order valence-corrected chi connectivity index (χ3v) is 4.86. The van der Waals surface area contributed by atoms with Crippen molar-refractivity contribution in [1.82, 2.24) is 10.6 Å². The highest BCUT2D eigenvalue weighted by Crippen LogP contribution is 2.08. The zero-order valence-electron chi connectivity index (χ0n) is 16.1. The Morgan fingerprint density at radius 2 is 1.10 bits per heavy atom. The highest BCUT2D eigenvalue weighted by Gasteiger charge is 2.02. The Kier molecular flexibility index (Phi) is 9.38. The summed E-state index contributed by atoms with van der Waals surface area (Å²) < 4.78 is 0. The fraction of sp³-hybridized carbons (Fsp3) is 0.182. The lowest BCUT2D eigenvalue weighted by Gasteiger charge is -2.06. The molecule has 2 aromatic carbocycles. The first-order valence-corrected chi connectivity index (χ1v) is 10.4. The van der Waals surface area contributed by atoms with Gasteiger partial charge in [-0.05, 0) is 11.1 Å². The van der Waals surface area contributed by atoms with Gasteiger partial charge in [0.2, 0.25) is 11.8 Å². The molecule has 0 fully saturated rings. The number of hydrogen-bond acceptors (Lipinski definition) is 5. The largest absolute Gasteiger partial charge is 0.398 e. The zero-order chi connectivity index (χ0) is 20.9. The molecule has 152 valence electrons. The normalized spacial score (nSPS) is 11.7. The Bertz CT molecular complexity index is 780. The minimum Gasteiger partial charge on any atom is -0.398 e. The first-order chi connectivity index (χ1) is 14.1. The molecule has 2 rings (SSSR count). The zero-order valence-corrected chi connectivity index (χ0v) is 17.0. The molecule has 6 nitrogen and oxygen atoms in total. The van der Waals surface area contributed by atoms with Crippen LogP contribution in [-0.2, 0) is 9.59 Å². The Morgan fingerprint density at radius 3 is 1.48 bits per heavy atom. The maximum atomic E-state index is 11.9. The van der Waals surface area contributed by atoms with Gasteiger partial charge in [0, 0.05) is 48.1 Å². The summed E-state index contributed by atoms with van der Waals surface area (Å²) in [5.74, 6) is 1.04. The Hall–Kier alpha value is -3.19. The second-order valence-corrected chi connectivity index (χ2v) is 7.35. The van der Waals surface area contributed by atoms with E-state index in [-0.39, 0.29) is 11.8 Å². The molecule has 29 heavy (non-hydrogen) atoms. The van der Waals surface area contributed by atoms with E-state index in [9.17, 15) is 9.59 Å². The van der Waals surface area contributed by atoms with E-state index in [0.717, 1.165) is 22.6 Å². The van der Waals surface area contributed by atoms with Gasteiger partial charge in [-0.3, -0.25) is 9.59 Å². The molecule has 0 saturated carbocycles. The third kappa shape index (κ3) is 8.57. The average molecular weight is 411 g/mol. The minimum atomic E-state index is -0.221. The molecule has 2 amide bonds. The number of nitrogens with two attached hydrogens (primary N) is 2. The summed E-state index contributed by atoms with van der Waals surface area (Å²) in [5.41, 5.74) is 14.3. The molecule has 2 aromatic rings. The van der Waals surface area contributed by atoms with Gasteiger partial charge in [-0.2, -0.15) is 11.8 Å². The summed E-state index contributed by atoms with van der Waals surface area (Å²) in [7, 11) is 0. The number of rotatable bonds is 10. The van der Waals surface area contributed by atoms with Gasteiger partial charge >= 0.3 is 0 Å². The van der Waals surface area contributed by atoms with Crippen molar-refractivity contribution in [2.45, 2.75) is 0 Å². The molecular weight excluding hydrogens is 384 g/mol. The quantitative estimate of drug-likeness (QED) is 0.353. The van der Waals surface area contributed by atoms with Gasteiger partial charge in [0.25, 0.3) is 0 Å². The summed E-state index contributed by atoms with van der Waals surface area (Å²) in [6, 6.07) is 18.7. The molecule has 0 heterocycles. The maximum Gasteiger partial charge on any atom is 0.246 e. The monoisotopic (exact) mass is 410 g/mol. The van der Waals surface area contributed by atoms with Gasteiger partial charge in [-0.25, -0.2) is 0 Å². The van der Waals surface area contributed by atoms with Crippen molar-refractivity contribution in [3.8, 4) is 0 Å². The topological polar surface area (TPSA) is 110 Å². The van der Waals surface area contributed by atoms with E-state index < -0.39 is 0 Å². The van der Waals surface area contributed by atoms with Gasteiger partial charge in [-0.1, -0.05) is 60.7 Å². The molecule has 0 aliphatic carbocycles. The Morgan fingerprint density at radius 1 is 0.724 bits per heavy atom. The second-order valence-electron chi connectivity index (χ2n) is 6.13. The number of amides is 2. The summed E-state index contributed by atoms with van der Waals surface area (Å²) in [6.45, 7) is 1.05. The molecule has 0 unspecified atom stereocenters. The van der Waals surface area contributed by atoms with Gasteiger partial charge in [0.1, 0.15) is 0 Å². The van der Waals surface area contributed by atoms with Crippen molar-refractivity contribution in [3.63, 3.8) is 0 Å². The smallest absolute Gasteiger partial charge is 0.246 e. The first kappa shape index (κ1) is 22.1. The van der Waals surface area contributed by atoms with Crippen LogP contribution in [0.25, 0.3) is 11.4 Å². The summed E-state index contributed by atoms with van der Waals surface area (Å²) in [5, 5.41) is 5.60. The summed E-state index contributed by atoms with van der Waals surface area (Å²) >= 11 is 1.63. The molecule has 0 saturated heterocycles. The lowest BCUT2D eigenvalue weighted by Crippen LogP contribution is -2.26. The van der Waals surface area contributed by atoms with E-state index >= 15 is 0 Å². The number of nitrogens with one attached hydrogen (secondary N) is 2. The van der Waals surface area contributed by atoms with Gasteiger partial charge in [0.15, 0.2) is 0 Å². The number of carbonyl (C=O) groups is 2. The Balaban J connectivity index is 1.58. The van der Waals surface area contributed by atoms with Crippen molar-refractivity contribution < 1.29 is 9.59 Å². The van der Waals surface area contributed by atoms with E-state index in [1.165, 1.54) is 12.2 Å². The van der Waals surface area contributed by atoms with E-state index in [4.69, 9.17) is 11.5 Å². The van der Waals surface area contributed by atoms with Crippen LogP contribution in [0.1, 0.15) is 11.1 Å². The van der Waals surface area contributed by atoms with Crippen LogP contribution in [0, 0.1) is 0 Å². The second kappa shape index (κ2) is 12.3. The predicted octanol–water partition coefficient (Wildman–Crippen LogP) is 1.95.